The number of hydrogen-bond donors (Lipinski definition) is 2. The maximum Gasteiger partial charge on any atom is 0.220 e. The van der Waals surface area contributed by atoms with E-state index in [2.05, 4.69) is 81.1 Å². The monoisotopic (exact) mass is 474 g/mol. The van der Waals surface area contributed by atoms with Crippen molar-refractivity contribution in [3.05, 3.63) is 71.8 Å². The first-order valence-corrected chi connectivity index (χ1v) is 13.8. The number of carbonyl (C=O) groups excluding carboxylic acids is 1. The lowest BCUT2D eigenvalue weighted by atomic mass is 9.79. The summed E-state index contributed by atoms with van der Waals surface area (Å²) in [6.45, 7) is 7.71. The minimum absolute atomic E-state index is 0.245. The molecule has 2 aromatic rings. The number of hydrogen-bond acceptors (Lipinski definition) is 4. The van der Waals surface area contributed by atoms with Crippen molar-refractivity contribution in [2.75, 3.05) is 32.7 Å². The fourth-order valence-corrected chi connectivity index (χ4v) is 6.44. The van der Waals surface area contributed by atoms with Crippen molar-refractivity contribution >= 4 is 5.91 Å². The minimum Gasteiger partial charge on any atom is -0.353 e. The molecule has 3 atom stereocenters. The van der Waals surface area contributed by atoms with Crippen LogP contribution in [0.1, 0.15) is 49.7 Å². The van der Waals surface area contributed by atoms with Crippen LogP contribution in [0.25, 0.3) is 0 Å². The molecule has 0 aromatic heterocycles. The predicted octanol–water partition coefficient (Wildman–Crippen LogP) is 4.05. The van der Waals surface area contributed by atoms with Crippen LogP contribution < -0.4 is 10.6 Å². The summed E-state index contributed by atoms with van der Waals surface area (Å²) in [7, 11) is 0. The lowest BCUT2D eigenvalue weighted by Gasteiger charge is -2.46. The molecule has 0 radical (unpaired) electrons. The van der Waals surface area contributed by atoms with Gasteiger partial charge in [0.25, 0.3) is 0 Å². The molecule has 188 valence electrons. The van der Waals surface area contributed by atoms with E-state index in [-0.39, 0.29) is 5.91 Å². The molecule has 3 aliphatic rings. The molecule has 3 aliphatic heterocycles. The van der Waals surface area contributed by atoms with Crippen LogP contribution in [0.15, 0.2) is 60.7 Å². The molecular formula is C30H42N4O. The molecule has 3 saturated heterocycles. The van der Waals surface area contributed by atoms with E-state index in [0.29, 0.717) is 24.4 Å². The lowest BCUT2D eigenvalue weighted by molar-refractivity contribution is -0.122. The summed E-state index contributed by atoms with van der Waals surface area (Å²) in [4.78, 5) is 17.8. The summed E-state index contributed by atoms with van der Waals surface area (Å²) < 4.78 is 0. The smallest absolute Gasteiger partial charge is 0.220 e. The van der Waals surface area contributed by atoms with Gasteiger partial charge in [0.1, 0.15) is 0 Å². The molecule has 5 rings (SSSR count). The van der Waals surface area contributed by atoms with Crippen LogP contribution in [-0.4, -0.2) is 60.5 Å². The molecule has 0 spiro atoms. The summed E-state index contributed by atoms with van der Waals surface area (Å²) in [5.74, 6) is 1.72. The number of nitrogens with one attached hydrogen (secondary N) is 2. The van der Waals surface area contributed by atoms with E-state index >= 15 is 0 Å². The Hall–Kier alpha value is -2.21. The highest BCUT2D eigenvalue weighted by Gasteiger charge is 2.36. The summed E-state index contributed by atoms with van der Waals surface area (Å²) in [6.07, 6.45) is 6.21. The topological polar surface area (TPSA) is 47.6 Å². The van der Waals surface area contributed by atoms with Gasteiger partial charge in [0, 0.05) is 57.8 Å². The minimum atomic E-state index is 0.245. The van der Waals surface area contributed by atoms with Gasteiger partial charge in [-0.05, 0) is 61.6 Å². The highest BCUT2D eigenvalue weighted by molar-refractivity contribution is 5.76. The van der Waals surface area contributed by atoms with Crippen LogP contribution in [0.4, 0.5) is 0 Å². The number of amides is 1. The van der Waals surface area contributed by atoms with Crippen molar-refractivity contribution in [3.8, 4) is 0 Å². The van der Waals surface area contributed by atoms with Gasteiger partial charge in [-0.1, -0.05) is 60.7 Å². The second kappa shape index (κ2) is 12.2. The van der Waals surface area contributed by atoms with Crippen molar-refractivity contribution in [1.82, 2.24) is 20.4 Å². The second-order valence-electron chi connectivity index (χ2n) is 11.1. The highest BCUT2D eigenvalue weighted by Crippen LogP contribution is 2.31. The average Bonchev–Trinajstić information content (AvgIpc) is 2.88. The van der Waals surface area contributed by atoms with E-state index in [9.17, 15) is 4.79 Å². The average molecular weight is 475 g/mol. The number of likely N-dealkylation sites (tertiary alicyclic amines) is 2. The Morgan fingerprint density at radius 2 is 1.54 bits per heavy atom. The maximum atomic E-state index is 12.6. The van der Waals surface area contributed by atoms with Gasteiger partial charge in [0.15, 0.2) is 0 Å². The van der Waals surface area contributed by atoms with Gasteiger partial charge in [-0.15, -0.1) is 0 Å². The Labute approximate surface area is 211 Å². The van der Waals surface area contributed by atoms with E-state index in [0.717, 1.165) is 64.3 Å². The van der Waals surface area contributed by atoms with Crippen LogP contribution >= 0.6 is 0 Å². The third kappa shape index (κ3) is 7.16. The van der Waals surface area contributed by atoms with Crippen LogP contribution in [0, 0.1) is 11.8 Å². The maximum absolute atomic E-state index is 12.6. The normalized spacial score (nSPS) is 25.9. The van der Waals surface area contributed by atoms with Crippen molar-refractivity contribution in [2.24, 2.45) is 11.8 Å². The number of carbonyl (C=O) groups is 1. The summed E-state index contributed by atoms with van der Waals surface area (Å²) in [5.41, 5.74) is 2.79. The largest absolute Gasteiger partial charge is 0.353 e. The molecule has 3 unspecified atom stereocenters. The van der Waals surface area contributed by atoms with Crippen molar-refractivity contribution < 1.29 is 4.79 Å². The van der Waals surface area contributed by atoms with Crippen LogP contribution in [-0.2, 0) is 17.9 Å². The van der Waals surface area contributed by atoms with Crippen molar-refractivity contribution in [1.29, 1.82) is 0 Å². The van der Waals surface area contributed by atoms with Gasteiger partial charge in [-0.25, -0.2) is 0 Å². The Balaban J connectivity index is 0.994. The van der Waals surface area contributed by atoms with Crippen LogP contribution in [0.5, 0.6) is 0 Å². The van der Waals surface area contributed by atoms with Gasteiger partial charge >= 0.3 is 0 Å². The predicted molar refractivity (Wildman–Crippen MR) is 142 cm³/mol. The third-order valence-electron chi connectivity index (χ3n) is 8.25. The van der Waals surface area contributed by atoms with Gasteiger partial charge < -0.3 is 10.6 Å². The molecule has 5 heteroatoms. The molecular weight excluding hydrogens is 432 g/mol. The molecule has 3 fully saturated rings. The van der Waals surface area contributed by atoms with E-state index in [1.165, 1.54) is 30.6 Å². The fourth-order valence-electron chi connectivity index (χ4n) is 6.44. The Morgan fingerprint density at radius 1 is 0.886 bits per heavy atom. The molecule has 35 heavy (non-hydrogen) atoms. The number of benzene rings is 2. The Bertz CT molecular complexity index is 912. The summed E-state index contributed by atoms with van der Waals surface area (Å²) in [5, 5.41) is 7.15. The molecule has 0 aliphatic carbocycles. The summed E-state index contributed by atoms with van der Waals surface area (Å²) >= 11 is 0. The second-order valence-corrected chi connectivity index (χ2v) is 11.1. The van der Waals surface area contributed by atoms with Crippen LogP contribution in [0.2, 0.25) is 0 Å². The molecule has 2 bridgehead atoms. The van der Waals surface area contributed by atoms with E-state index in [4.69, 9.17) is 0 Å². The number of nitrogens with zero attached hydrogens (tertiary/aromatic N) is 2. The van der Waals surface area contributed by atoms with E-state index in [1.54, 1.807) is 0 Å². The summed E-state index contributed by atoms with van der Waals surface area (Å²) in [6, 6.07) is 22.4. The standard InChI is InChI=1S/C30H42N4O/c35-30(32-28-14-16-33(17-15-28)20-24-8-3-1-4-9-24)13-7-12-29-27-18-26(19-31-29)22-34(23-27)21-25-10-5-2-6-11-25/h1-6,8-11,26-29,31H,7,12-23H2,(H,32,35). The first-order valence-electron chi connectivity index (χ1n) is 13.8. The van der Waals surface area contributed by atoms with Crippen molar-refractivity contribution in [3.63, 3.8) is 0 Å². The number of fused-ring (bicyclic) bond motifs is 2. The van der Waals surface area contributed by atoms with Crippen molar-refractivity contribution in [2.45, 2.75) is 63.7 Å². The molecule has 3 heterocycles. The molecule has 5 nitrogen and oxygen atoms in total. The zero-order valence-electron chi connectivity index (χ0n) is 21.1. The first-order chi connectivity index (χ1) is 17.2. The van der Waals surface area contributed by atoms with Gasteiger partial charge in [0.2, 0.25) is 5.91 Å². The van der Waals surface area contributed by atoms with Gasteiger partial charge in [-0.3, -0.25) is 14.6 Å². The SMILES string of the molecule is O=C(CCCC1NCC2CC1CN(Cc1ccccc1)C2)NC1CCN(Cc2ccccc2)CC1. The van der Waals surface area contributed by atoms with Gasteiger partial charge in [-0.2, -0.15) is 0 Å². The van der Waals surface area contributed by atoms with Gasteiger partial charge in [0.05, 0.1) is 0 Å². The van der Waals surface area contributed by atoms with E-state index < -0.39 is 0 Å². The fraction of sp³-hybridized carbons (Fsp3) is 0.567. The Kier molecular flexibility index (Phi) is 8.50. The third-order valence-corrected chi connectivity index (χ3v) is 8.25. The quantitative estimate of drug-likeness (QED) is 0.576. The lowest BCUT2D eigenvalue weighted by Crippen LogP contribution is -2.55. The molecule has 1 amide bonds. The molecule has 0 saturated carbocycles. The highest BCUT2D eigenvalue weighted by atomic mass is 16.1. The molecule has 2 N–H and O–H groups in total. The zero-order chi connectivity index (χ0) is 23.9. The van der Waals surface area contributed by atoms with E-state index in [1.807, 2.05) is 0 Å². The van der Waals surface area contributed by atoms with Crippen LogP contribution in [0.3, 0.4) is 0 Å². The first kappa shape index (κ1) is 24.5. The molecule has 2 aromatic carbocycles. The number of rotatable bonds is 9. The zero-order valence-corrected chi connectivity index (χ0v) is 21.1. The Morgan fingerprint density at radius 3 is 2.23 bits per heavy atom. The number of piperidine rings is 3.